The van der Waals surface area contributed by atoms with Gasteiger partial charge in [-0.1, -0.05) is 25.4 Å². The van der Waals surface area contributed by atoms with Gasteiger partial charge in [-0.2, -0.15) is 0 Å². The monoisotopic (exact) mass is 270 g/mol. The molecule has 1 N–H and O–H groups in total. The topological polar surface area (TPSA) is 55.8 Å². The highest BCUT2D eigenvalue weighted by Crippen LogP contribution is 2.44. The molecule has 0 amide bonds. The highest BCUT2D eigenvalue weighted by atomic mass is 35.5. The molecule has 0 bridgehead atoms. The smallest absolute Gasteiger partial charge is 0.336 e. The van der Waals surface area contributed by atoms with Gasteiger partial charge in [0.1, 0.15) is 0 Å². The van der Waals surface area contributed by atoms with Gasteiger partial charge in [0.05, 0.1) is 23.8 Å². The minimum atomic E-state index is -1.00. The van der Waals surface area contributed by atoms with Crippen molar-refractivity contribution in [2.24, 2.45) is 0 Å². The van der Waals surface area contributed by atoms with Crippen LogP contribution >= 0.6 is 11.6 Å². The number of carboxylic acids is 1. The van der Waals surface area contributed by atoms with E-state index in [1.54, 1.807) is 0 Å². The maximum absolute atomic E-state index is 11.3. The first-order chi connectivity index (χ1) is 8.52. The molecule has 1 aromatic rings. The van der Waals surface area contributed by atoms with E-state index < -0.39 is 5.97 Å². The highest BCUT2D eigenvalue weighted by molar-refractivity contribution is 6.32. The van der Waals surface area contributed by atoms with Crippen molar-refractivity contribution in [3.63, 3.8) is 0 Å². The molecule has 0 atom stereocenters. The van der Waals surface area contributed by atoms with E-state index in [0.29, 0.717) is 30.3 Å². The fraction of sp³-hybridized carbons (Fsp3) is 0.462. The lowest BCUT2D eigenvalue weighted by atomic mass is 9.95. The summed E-state index contributed by atoms with van der Waals surface area (Å²) in [5.41, 5.74) is 0.822. The normalized spacial score (nSPS) is 14.4. The van der Waals surface area contributed by atoms with Crippen LogP contribution < -0.4 is 9.47 Å². The third-order valence-electron chi connectivity index (χ3n) is 2.82. The number of carboxylic acid groups (broad SMARTS) is 1. The number of aromatic carboxylic acids is 1. The van der Waals surface area contributed by atoms with E-state index in [4.69, 9.17) is 21.1 Å². The zero-order chi connectivity index (χ0) is 13.3. The Morgan fingerprint density at radius 2 is 1.94 bits per heavy atom. The van der Waals surface area contributed by atoms with Gasteiger partial charge in [0.25, 0.3) is 0 Å². The maximum atomic E-state index is 11.3. The summed E-state index contributed by atoms with van der Waals surface area (Å²) in [7, 11) is 0. The Morgan fingerprint density at radius 1 is 1.33 bits per heavy atom. The molecule has 0 aromatic heterocycles. The van der Waals surface area contributed by atoms with Crippen molar-refractivity contribution in [2.75, 3.05) is 13.2 Å². The number of fused-ring (bicyclic) bond motifs is 1. The second-order valence-corrected chi connectivity index (χ2v) is 4.90. The average molecular weight is 271 g/mol. The fourth-order valence-corrected chi connectivity index (χ4v) is 2.31. The molecule has 0 saturated heterocycles. The van der Waals surface area contributed by atoms with E-state index in [9.17, 15) is 9.90 Å². The van der Waals surface area contributed by atoms with Crippen molar-refractivity contribution in [3.05, 3.63) is 22.2 Å². The van der Waals surface area contributed by atoms with Crippen LogP contribution in [0, 0.1) is 0 Å². The molecule has 0 fully saturated rings. The summed E-state index contributed by atoms with van der Waals surface area (Å²) in [5, 5.41) is 9.54. The minimum Gasteiger partial charge on any atom is -0.489 e. The van der Waals surface area contributed by atoms with Gasteiger partial charge >= 0.3 is 5.97 Å². The van der Waals surface area contributed by atoms with Crippen molar-refractivity contribution >= 4 is 17.6 Å². The molecule has 4 nitrogen and oxygen atoms in total. The van der Waals surface area contributed by atoms with E-state index in [0.717, 1.165) is 6.42 Å². The quantitative estimate of drug-likeness (QED) is 0.896. The van der Waals surface area contributed by atoms with Gasteiger partial charge in [-0.25, -0.2) is 4.79 Å². The number of ether oxygens (including phenoxy) is 2. The minimum absolute atomic E-state index is 0.0174. The number of carbonyl (C=O) groups is 1. The second-order valence-electron chi connectivity index (χ2n) is 4.49. The number of rotatable bonds is 2. The van der Waals surface area contributed by atoms with E-state index >= 15 is 0 Å². The standard InChI is InChI=1S/C13H15ClO4/c1-7(2)10-8(13(15)16)6-9(14)11-12(10)18-5-3-4-17-11/h6-7H,3-5H2,1-2H3,(H,15,16). The van der Waals surface area contributed by atoms with Crippen molar-refractivity contribution in [1.29, 1.82) is 0 Å². The molecule has 0 spiro atoms. The summed E-state index contributed by atoms with van der Waals surface area (Å²) in [6, 6.07) is 1.44. The van der Waals surface area contributed by atoms with Crippen LogP contribution in [0.3, 0.4) is 0 Å². The van der Waals surface area contributed by atoms with Crippen molar-refractivity contribution in [3.8, 4) is 11.5 Å². The lowest BCUT2D eigenvalue weighted by Crippen LogP contribution is -2.08. The van der Waals surface area contributed by atoms with E-state index in [-0.39, 0.29) is 16.5 Å². The Bertz CT molecular complexity index is 482. The molecule has 98 valence electrons. The lowest BCUT2D eigenvalue weighted by Gasteiger charge is -2.18. The molecule has 2 rings (SSSR count). The summed E-state index contributed by atoms with van der Waals surface area (Å²) >= 11 is 6.07. The largest absolute Gasteiger partial charge is 0.489 e. The van der Waals surface area contributed by atoms with Crippen LogP contribution in [0.5, 0.6) is 11.5 Å². The molecule has 0 unspecified atom stereocenters. The van der Waals surface area contributed by atoms with Crippen LogP contribution in [0.25, 0.3) is 0 Å². The Balaban J connectivity index is 2.69. The van der Waals surface area contributed by atoms with E-state index in [1.807, 2.05) is 13.8 Å². The number of halogens is 1. The van der Waals surface area contributed by atoms with Gasteiger partial charge in [0.2, 0.25) is 0 Å². The van der Waals surface area contributed by atoms with Crippen LogP contribution in [0.15, 0.2) is 6.07 Å². The Kier molecular flexibility index (Phi) is 3.66. The van der Waals surface area contributed by atoms with Gasteiger partial charge in [-0.3, -0.25) is 0 Å². The van der Waals surface area contributed by atoms with Gasteiger partial charge < -0.3 is 14.6 Å². The molecule has 0 saturated carbocycles. The number of hydrogen-bond donors (Lipinski definition) is 1. The maximum Gasteiger partial charge on any atom is 0.336 e. The van der Waals surface area contributed by atoms with Crippen LogP contribution in [0.4, 0.5) is 0 Å². The number of hydrogen-bond acceptors (Lipinski definition) is 3. The first-order valence-corrected chi connectivity index (χ1v) is 6.25. The predicted molar refractivity (Wildman–Crippen MR) is 68.1 cm³/mol. The molecule has 0 radical (unpaired) electrons. The molecule has 0 aliphatic carbocycles. The van der Waals surface area contributed by atoms with Gasteiger partial charge in [0, 0.05) is 12.0 Å². The van der Waals surface area contributed by atoms with Gasteiger partial charge in [0.15, 0.2) is 11.5 Å². The van der Waals surface area contributed by atoms with Crippen molar-refractivity contribution in [2.45, 2.75) is 26.2 Å². The summed E-state index contributed by atoms with van der Waals surface area (Å²) in [4.78, 5) is 11.3. The lowest BCUT2D eigenvalue weighted by molar-refractivity contribution is 0.0694. The summed E-state index contributed by atoms with van der Waals surface area (Å²) in [6.45, 7) is 4.87. The number of benzene rings is 1. The summed E-state index contributed by atoms with van der Waals surface area (Å²) in [5.74, 6) is -0.0460. The third kappa shape index (κ3) is 2.25. The first-order valence-electron chi connectivity index (χ1n) is 5.87. The zero-order valence-corrected chi connectivity index (χ0v) is 11.1. The molecular formula is C13H15ClO4. The SMILES string of the molecule is CC(C)c1c(C(=O)O)cc(Cl)c2c1OCCCO2. The molecule has 1 heterocycles. The van der Waals surface area contributed by atoms with Crippen molar-refractivity contribution in [1.82, 2.24) is 0 Å². The predicted octanol–water partition coefficient (Wildman–Crippen LogP) is 3.32. The summed E-state index contributed by atoms with van der Waals surface area (Å²) < 4.78 is 11.2. The Hall–Kier alpha value is -1.42. The van der Waals surface area contributed by atoms with Gasteiger partial charge in [-0.05, 0) is 12.0 Å². The van der Waals surface area contributed by atoms with Crippen LogP contribution in [-0.2, 0) is 0 Å². The van der Waals surface area contributed by atoms with Crippen LogP contribution in [0.2, 0.25) is 5.02 Å². The van der Waals surface area contributed by atoms with Gasteiger partial charge in [-0.15, -0.1) is 0 Å². The van der Waals surface area contributed by atoms with Crippen LogP contribution in [-0.4, -0.2) is 24.3 Å². The van der Waals surface area contributed by atoms with Crippen molar-refractivity contribution < 1.29 is 19.4 Å². The highest BCUT2D eigenvalue weighted by Gasteiger charge is 2.26. The summed E-state index contributed by atoms with van der Waals surface area (Å²) in [6.07, 6.45) is 0.755. The first kappa shape index (κ1) is 13.0. The molecule has 1 aliphatic rings. The van der Waals surface area contributed by atoms with Crippen LogP contribution in [0.1, 0.15) is 42.1 Å². The molecule has 1 aliphatic heterocycles. The van der Waals surface area contributed by atoms with E-state index in [1.165, 1.54) is 6.07 Å². The Labute approximate surface area is 110 Å². The molecule has 1 aromatic carbocycles. The fourth-order valence-electron chi connectivity index (χ4n) is 2.06. The Morgan fingerprint density at radius 3 is 2.50 bits per heavy atom. The van der Waals surface area contributed by atoms with E-state index in [2.05, 4.69) is 0 Å². The molecule has 18 heavy (non-hydrogen) atoms. The molecule has 5 heteroatoms. The second kappa shape index (κ2) is 5.06. The average Bonchev–Trinajstić information content (AvgIpc) is 2.53. The third-order valence-corrected chi connectivity index (χ3v) is 3.10. The molecular weight excluding hydrogens is 256 g/mol. The zero-order valence-electron chi connectivity index (χ0n) is 10.3.